The quantitative estimate of drug-likeness (QED) is 0.390. The number of nitrogens with zero attached hydrogens (tertiary/aromatic N) is 1. The number of thiophene rings is 1. The van der Waals surface area contributed by atoms with E-state index in [9.17, 15) is 14.4 Å². The number of carbonyl (C=O) groups is 3. The molecule has 0 aliphatic rings. The van der Waals surface area contributed by atoms with Crippen molar-refractivity contribution < 1.29 is 24.2 Å². The van der Waals surface area contributed by atoms with Crippen molar-refractivity contribution >= 4 is 29.0 Å². The van der Waals surface area contributed by atoms with Crippen LogP contribution in [0.2, 0.25) is 0 Å². The molecule has 7 heteroatoms. The number of rotatable bonds is 12. The lowest BCUT2D eigenvalue weighted by Gasteiger charge is -2.19. The van der Waals surface area contributed by atoms with Crippen molar-refractivity contribution in [2.24, 2.45) is 5.41 Å². The molecule has 1 heterocycles. The summed E-state index contributed by atoms with van der Waals surface area (Å²) in [6.45, 7) is 13.4. The first-order valence-electron chi connectivity index (χ1n) is 12.1. The summed E-state index contributed by atoms with van der Waals surface area (Å²) in [4.78, 5) is 38.7. The van der Waals surface area contributed by atoms with Crippen LogP contribution in [0, 0.1) is 19.3 Å². The number of aliphatic carboxylic acids is 1. The van der Waals surface area contributed by atoms with Gasteiger partial charge in [0.2, 0.25) is 5.91 Å². The normalized spacial score (nSPS) is 12.3. The van der Waals surface area contributed by atoms with Gasteiger partial charge in [0.15, 0.2) is 5.78 Å². The van der Waals surface area contributed by atoms with Crippen LogP contribution in [-0.2, 0) is 27.3 Å². The summed E-state index contributed by atoms with van der Waals surface area (Å²) in [6.07, 6.45) is 2.92. The molecule has 0 bridgehead atoms. The van der Waals surface area contributed by atoms with Gasteiger partial charge in [0.25, 0.3) is 0 Å². The zero-order chi connectivity index (χ0) is 26.3. The first kappa shape index (κ1) is 28.6. The molecule has 0 fully saturated rings. The Morgan fingerprint density at radius 3 is 2.34 bits per heavy atom. The van der Waals surface area contributed by atoms with E-state index >= 15 is 0 Å². The highest BCUT2D eigenvalue weighted by molar-refractivity contribution is 7.12. The van der Waals surface area contributed by atoms with Gasteiger partial charge in [-0.25, -0.2) is 0 Å². The van der Waals surface area contributed by atoms with Gasteiger partial charge in [0, 0.05) is 22.1 Å². The van der Waals surface area contributed by atoms with Crippen LogP contribution in [-0.4, -0.2) is 40.8 Å². The van der Waals surface area contributed by atoms with E-state index in [0.29, 0.717) is 12.5 Å². The van der Waals surface area contributed by atoms with Crippen molar-refractivity contribution in [1.29, 1.82) is 0 Å². The fourth-order valence-corrected chi connectivity index (χ4v) is 5.07. The topological polar surface area (TPSA) is 83.9 Å². The van der Waals surface area contributed by atoms with E-state index in [0.717, 1.165) is 41.0 Å². The van der Waals surface area contributed by atoms with Gasteiger partial charge in [-0.3, -0.25) is 14.4 Å². The van der Waals surface area contributed by atoms with Gasteiger partial charge in [-0.2, -0.15) is 0 Å². The Labute approximate surface area is 213 Å². The Morgan fingerprint density at radius 1 is 1.11 bits per heavy atom. The first-order chi connectivity index (χ1) is 16.3. The van der Waals surface area contributed by atoms with E-state index in [2.05, 4.69) is 25.1 Å². The zero-order valence-electron chi connectivity index (χ0n) is 22.1. The van der Waals surface area contributed by atoms with Crippen molar-refractivity contribution in [3.63, 3.8) is 0 Å². The van der Waals surface area contributed by atoms with E-state index in [4.69, 9.17) is 9.84 Å². The van der Waals surface area contributed by atoms with Crippen LogP contribution in [0.15, 0.2) is 24.3 Å². The standard InChI is InChI=1S/C28H39NO5S/c1-8-21(22-10-12-24(18(2)13-22)34-17-26(31)28(5,6)7)9-11-23-14-19(3)25(35-23)15-29(20(4)30)16-27(32)33/h10,12-14,21H,8-9,11,15-17H2,1-7H3,(H,32,33). The van der Waals surface area contributed by atoms with Gasteiger partial charge in [-0.1, -0.05) is 39.8 Å². The number of Topliss-reactive ketones (excluding diaryl/α,β-unsaturated/α-hetero) is 1. The second-order valence-electron chi connectivity index (χ2n) is 10.2. The molecule has 2 aromatic rings. The number of carboxylic acids is 1. The number of amides is 1. The Morgan fingerprint density at radius 2 is 1.80 bits per heavy atom. The molecule has 6 nitrogen and oxygen atoms in total. The number of ether oxygens (including phenoxy) is 1. The zero-order valence-corrected chi connectivity index (χ0v) is 22.9. The average Bonchev–Trinajstić information content (AvgIpc) is 3.10. The molecule has 1 unspecified atom stereocenters. The van der Waals surface area contributed by atoms with Gasteiger partial charge in [-0.05, 0) is 67.9 Å². The molecular weight excluding hydrogens is 462 g/mol. The molecular formula is C28H39NO5S. The number of benzene rings is 1. The highest BCUT2D eigenvalue weighted by Gasteiger charge is 2.22. The lowest BCUT2D eigenvalue weighted by atomic mass is 9.90. The third-order valence-electron chi connectivity index (χ3n) is 6.28. The maximum atomic E-state index is 12.2. The Balaban J connectivity index is 2.04. The van der Waals surface area contributed by atoms with Gasteiger partial charge in [0.1, 0.15) is 18.9 Å². The van der Waals surface area contributed by atoms with Crippen molar-refractivity contribution in [2.45, 2.75) is 80.2 Å². The molecule has 0 saturated carbocycles. The summed E-state index contributed by atoms with van der Waals surface area (Å²) in [5.41, 5.74) is 2.97. The van der Waals surface area contributed by atoms with E-state index in [1.54, 1.807) is 11.3 Å². The predicted molar refractivity (Wildman–Crippen MR) is 140 cm³/mol. The Bertz CT molecular complexity index is 1050. The summed E-state index contributed by atoms with van der Waals surface area (Å²) in [7, 11) is 0. The minimum absolute atomic E-state index is 0.0763. The molecule has 35 heavy (non-hydrogen) atoms. The minimum atomic E-state index is -1.01. The van der Waals surface area contributed by atoms with Crippen LogP contribution in [0.25, 0.3) is 0 Å². The molecule has 0 spiro atoms. The lowest BCUT2D eigenvalue weighted by molar-refractivity contribution is -0.144. The van der Waals surface area contributed by atoms with Crippen molar-refractivity contribution in [1.82, 2.24) is 4.90 Å². The van der Waals surface area contributed by atoms with Crippen LogP contribution in [0.5, 0.6) is 5.75 Å². The van der Waals surface area contributed by atoms with Gasteiger partial charge in [-0.15, -0.1) is 11.3 Å². The highest BCUT2D eigenvalue weighted by atomic mass is 32.1. The molecule has 1 aromatic carbocycles. The molecule has 1 amide bonds. The summed E-state index contributed by atoms with van der Waals surface area (Å²) in [5, 5.41) is 9.08. The van der Waals surface area contributed by atoms with Crippen LogP contribution < -0.4 is 4.74 Å². The van der Waals surface area contributed by atoms with Crippen molar-refractivity contribution in [2.75, 3.05) is 13.2 Å². The Kier molecular flexibility index (Phi) is 10.1. The molecule has 192 valence electrons. The van der Waals surface area contributed by atoms with E-state index in [-0.39, 0.29) is 24.8 Å². The molecule has 0 aliphatic carbocycles. The number of carboxylic acid groups (broad SMARTS) is 1. The van der Waals surface area contributed by atoms with Crippen LogP contribution in [0.4, 0.5) is 0 Å². The fourth-order valence-electron chi connectivity index (χ4n) is 3.86. The first-order valence-corrected chi connectivity index (χ1v) is 13.0. The second kappa shape index (κ2) is 12.3. The van der Waals surface area contributed by atoms with Crippen molar-refractivity contribution in [3.05, 3.63) is 50.7 Å². The minimum Gasteiger partial charge on any atom is -0.486 e. The molecule has 1 aromatic heterocycles. The maximum absolute atomic E-state index is 12.2. The SMILES string of the molecule is CCC(CCc1cc(C)c(CN(CC(=O)O)C(C)=O)s1)c1ccc(OCC(=O)C(C)(C)C)c(C)c1. The largest absolute Gasteiger partial charge is 0.486 e. The number of aryl methyl sites for hydroxylation is 3. The maximum Gasteiger partial charge on any atom is 0.323 e. The highest BCUT2D eigenvalue weighted by Crippen LogP contribution is 2.32. The third-order valence-corrected chi connectivity index (χ3v) is 7.56. The monoisotopic (exact) mass is 501 g/mol. The fraction of sp³-hybridized carbons (Fsp3) is 0.536. The summed E-state index contributed by atoms with van der Waals surface area (Å²) in [5.74, 6) is -0.0274. The third kappa shape index (κ3) is 8.49. The Hall–Kier alpha value is -2.67. The molecule has 1 atom stereocenters. The molecule has 0 saturated heterocycles. The van der Waals surface area contributed by atoms with E-state index in [1.807, 2.05) is 40.7 Å². The smallest absolute Gasteiger partial charge is 0.323 e. The summed E-state index contributed by atoms with van der Waals surface area (Å²) < 4.78 is 5.80. The van der Waals surface area contributed by atoms with E-state index < -0.39 is 11.4 Å². The number of carbonyl (C=O) groups excluding carboxylic acids is 2. The molecule has 2 rings (SSSR count). The van der Waals surface area contributed by atoms with Crippen LogP contribution in [0.3, 0.4) is 0 Å². The number of ketones is 1. The molecule has 0 aliphatic heterocycles. The van der Waals surface area contributed by atoms with Gasteiger partial charge in [0.05, 0.1) is 6.54 Å². The number of hydrogen-bond donors (Lipinski definition) is 1. The van der Waals surface area contributed by atoms with E-state index in [1.165, 1.54) is 22.3 Å². The predicted octanol–water partition coefficient (Wildman–Crippen LogP) is 5.92. The molecule has 0 radical (unpaired) electrons. The van der Waals surface area contributed by atoms with Crippen LogP contribution >= 0.6 is 11.3 Å². The van der Waals surface area contributed by atoms with Crippen molar-refractivity contribution in [3.8, 4) is 5.75 Å². The lowest BCUT2D eigenvalue weighted by Crippen LogP contribution is -2.33. The molecule has 1 N–H and O–H groups in total. The summed E-state index contributed by atoms with van der Waals surface area (Å²) in [6, 6.07) is 8.38. The number of hydrogen-bond acceptors (Lipinski definition) is 5. The van der Waals surface area contributed by atoms with Crippen LogP contribution in [0.1, 0.15) is 79.8 Å². The van der Waals surface area contributed by atoms with Gasteiger partial charge < -0.3 is 14.7 Å². The summed E-state index contributed by atoms with van der Waals surface area (Å²) >= 11 is 1.66. The second-order valence-corrected chi connectivity index (χ2v) is 11.4. The average molecular weight is 502 g/mol. The van der Waals surface area contributed by atoms with Gasteiger partial charge >= 0.3 is 5.97 Å².